The molecule has 1 aromatic heterocycles. The van der Waals surface area contributed by atoms with Crippen LogP contribution in [0.5, 0.6) is 17.4 Å². The summed E-state index contributed by atoms with van der Waals surface area (Å²) in [4.78, 5) is 11.2. The van der Waals surface area contributed by atoms with Gasteiger partial charge in [-0.2, -0.15) is 5.26 Å². The number of rotatable bonds is 6. The smallest absolute Gasteiger partial charge is 0.239 e. The summed E-state index contributed by atoms with van der Waals surface area (Å²) in [6, 6.07) is 10.4. The van der Waals surface area contributed by atoms with Gasteiger partial charge >= 0.3 is 0 Å². The number of nitrogens with zero attached hydrogens (tertiary/aromatic N) is 4. The summed E-state index contributed by atoms with van der Waals surface area (Å²) in [6.07, 6.45) is 7.63. The molecule has 1 aliphatic carbocycles. The largest absolute Gasteiger partial charge is 0.493 e. The van der Waals surface area contributed by atoms with Gasteiger partial charge in [0.2, 0.25) is 11.8 Å². The van der Waals surface area contributed by atoms with Crippen molar-refractivity contribution in [3.63, 3.8) is 0 Å². The number of aliphatic imine (C=N–C) groups is 1. The monoisotopic (exact) mass is 464 g/mol. The molecule has 180 valence electrons. The van der Waals surface area contributed by atoms with Crippen LogP contribution in [-0.2, 0) is 5.41 Å². The van der Waals surface area contributed by atoms with Crippen molar-refractivity contribution < 1.29 is 14.2 Å². The third-order valence-corrected chi connectivity index (χ3v) is 7.18. The highest BCUT2D eigenvalue weighted by Gasteiger charge is 2.50. The van der Waals surface area contributed by atoms with E-state index in [4.69, 9.17) is 14.2 Å². The zero-order chi connectivity index (χ0) is 24.1. The van der Waals surface area contributed by atoms with Gasteiger partial charge in [-0.25, -0.2) is 9.98 Å². The molecular weight excluding hydrogens is 432 g/mol. The molecule has 2 N–H and O–H groups in total. The highest BCUT2D eigenvalue weighted by atomic mass is 16.5. The van der Waals surface area contributed by atoms with Crippen molar-refractivity contribution in [1.29, 1.82) is 5.26 Å². The van der Waals surface area contributed by atoms with Gasteiger partial charge < -0.3 is 24.4 Å². The highest BCUT2D eigenvalue weighted by molar-refractivity contribution is 5.84. The summed E-state index contributed by atoms with van der Waals surface area (Å²) in [5, 5.41) is 15.4. The van der Waals surface area contributed by atoms with E-state index in [9.17, 15) is 5.26 Å². The van der Waals surface area contributed by atoms with Crippen LogP contribution in [0.25, 0.3) is 0 Å². The number of aromatic nitrogens is 1. The molecule has 0 radical (unpaired) electrons. The Morgan fingerprint density at radius 3 is 2.74 bits per heavy atom. The summed E-state index contributed by atoms with van der Waals surface area (Å²) in [5.74, 6) is 2.32. The number of fused-ring (bicyclic) bond motifs is 1. The maximum Gasteiger partial charge on any atom is 0.239 e. The number of hydrogen-bond acceptors (Lipinski definition) is 7. The molecule has 9 nitrogen and oxygen atoms in total. The summed E-state index contributed by atoms with van der Waals surface area (Å²) >= 11 is 0. The second kappa shape index (κ2) is 10.2. The Kier molecular flexibility index (Phi) is 7.08. The van der Waals surface area contributed by atoms with Crippen LogP contribution in [0.2, 0.25) is 0 Å². The number of hydrogen-bond donors (Lipinski definition) is 2. The van der Waals surface area contributed by atoms with Crippen LogP contribution in [0.15, 0.2) is 41.5 Å². The van der Waals surface area contributed by atoms with E-state index >= 15 is 0 Å². The second-order valence-electron chi connectivity index (χ2n) is 8.82. The van der Waals surface area contributed by atoms with Crippen molar-refractivity contribution in [2.75, 3.05) is 34.9 Å². The number of benzene rings is 1. The van der Waals surface area contributed by atoms with E-state index in [1.165, 1.54) is 5.56 Å². The fourth-order valence-electron chi connectivity index (χ4n) is 5.48. The zero-order valence-corrected chi connectivity index (χ0v) is 20.2. The van der Waals surface area contributed by atoms with Gasteiger partial charge in [0.05, 0.1) is 21.3 Å². The normalized spacial score (nSPS) is 24.6. The number of ether oxygens (including phenoxy) is 3. The van der Waals surface area contributed by atoms with Crippen molar-refractivity contribution in [3.05, 3.63) is 42.1 Å². The summed E-state index contributed by atoms with van der Waals surface area (Å²) < 4.78 is 16.3. The molecule has 4 rings (SSSR count). The standard InChI is InChI=1S/C25H32N6O3/c1-31-13-11-25(17-7-8-20(32-2)21(14-17)33-3)10-9-18(15-22(25)31)29-24(28-16-26)30-19-6-5-12-27-23(19)34-4/h5-8,12,14,18,22H,9-11,13,15H2,1-4H3,(H2,28,29,30). The Morgan fingerprint density at radius 2 is 2.00 bits per heavy atom. The van der Waals surface area contributed by atoms with Crippen LogP contribution in [0, 0.1) is 11.5 Å². The molecular formula is C25H32N6O3. The van der Waals surface area contributed by atoms with Gasteiger partial charge in [0.1, 0.15) is 5.69 Å². The number of guanidine groups is 1. The third kappa shape index (κ3) is 4.46. The molecule has 2 heterocycles. The minimum absolute atomic E-state index is 0.0546. The lowest BCUT2D eigenvalue weighted by molar-refractivity contribution is 0.161. The SMILES string of the molecule is COc1ccc(C23CCC(N/C(=N/c4cccnc4OC)NC#N)CC2N(C)CC3)cc1OC. The first kappa shape index (κ1) is 23.6. The third-order valence-electron chi connectivity index (χ3n) is 7.18. The Bertz CT molecular complexity index is 1080. The lowest BCUT2D eigenvalue weighted by Gasteiger charge is -2.45. The minimum Gasteiger partial charge on any atom is -0.493 e. The molecule has 2 fully saturated rings. The van der Waals surface area contributed by atoms with E-state index in [0.717, 1.165) is 43.7 Å². The average molecular weight is 465 g/mol. The fourth-order valence-corrected chi connectivity index (χ4v) is 5.48. The molecule has 0 bridgehead atoms. The van der Waals surface area contributed by atoms with E-state index in [1.54, 1.807) is 39.7 Å². The average Bonchev–Trinajstić information content (AvgIpc) is 3.21. The van der Waals surface area contributed by atoms with Crippen LogP contribution < -0.4 is 24.8 Å². The Hall–Kier alpha value is -3.51. The molecule has 1 aliphatic heterocycles. The van der Waals surface area contributed by atoms with E-state index in [1.807, 2.05) is 12.3 Å². The maximum absolute atomic E-state index is 9.29. The van der Waals surface area contributed by atoms with Crippen LogP contribution in [0.4, 0.5) is 5.69 Å². The molecule has 1 saturated carbocycles. The predicted molar refractivity (Wildman–Crippen MR) is 130 cm³/mol. The van der Waals surface area contributed by atoms with E-state index in [0.29, 0.717) is 23.6 Å². The van der Waals surface area contributed by atoms with Gasteiger partial charge in [-0.15, -0.1) is 0 Å². The molecule has 2 aliphatic rings. The van der Waals surface area contributed by atoms with Crippen molar-refractivity contribution in [2.45, 2.75) is 43.2 Å². The first-order chi connectivity index (χ1) is 16.5. The quantitative estimate of drug-likeness (QED) is 0.291. The maximum atomic E-state index is 9.29. The van der Waals surface area contributed by atoms with Gasteiger partial charge in [-0.3, -0.25) is 5.32 Å². The number of likely N-dealkylation sites (N-methyl/N-ethyl adjacent to an activating group) is 1. The molecule has 9 heteroatoms. The fraction of sp³-hybridized carbons (Fsp3) is 0.480. The molecule has 34 heavy (non-hydrogen) atoms. The summed E-state index contributed by atoms with van der Waals surface area (Å²) in [7, 11) is 7.09. The van der Waals surface area contributed by atoms with Crippen LogP contribution in [0.1, 0.15) is 31.2 Å². The molecule has 3 atom stereocenters. The van der Waals surface area contributed by atoms with E-state index in [2.05, 4.69) is 44.7 Å². The Labute approximate surface area is 200 Å². The molecule has 0 amide bonds. The number of nitriles is 1. The molecule has 2 aromatic rings. The molecule has 3 unspecified atom stereocenters. The first-order valence-corrected chi connectivity index (χ1v) is 11.5. The van der Waals surface area contributed by atoms with E-state index < -0.39 is 0 Å². The summed E-state index contributed by atoms with van der Waals surface area (Å²) in [5.41, 5.74) is 1.91. The van der Waals surface area contributed by atoms with Crippen LogP contribution in [-0.4, -0.2) is 62.8 Å². The van der Waals surface area contributed by atoms with Crippen molar-refractivity contribution in [1.82, 2.24) is 20.5 Å². The number of methoxy groups -OCH3 is 3. The van der Waals surface area contributed by atoms with Gasteiger partial charge in [0.25, 0.3) is 0 Å². The van der Waals surface area contributed by atoms with Gasteiger partial charge in [0, 0.05) is 23.7 Å². The Balaban J connectivity index is 1.57. The Morgan fingerprint density at radius 1 is 1.18 bits per heavy atom. The van der Waals surface area contributed by atoms with E-state index in [-0.39, 0.29) is 11.5 Å². The number of likely N-dealkylation sites (tertiary alicyclic amines) is 1. The topological polar surface area (TPSA) is 104 Å². The van der Waals surface area contributed by atoms with Crippen molar-refractivity contribution in [2.24, 2.45) is 4.99 Å². The first-order valence-electron chi connectivity index (χ1n) is 11.5. The predicted octanol–water partition coefficient (Wildman–Crippen LogP) is 2.95. The number of nitrogens with one attached hydrogen (secondary N) is 2. The minimum atomic E-state index is 0.0546. The zero-order valence-electron chi connectivity index (χ0n) is 20.2. The van der Waals surface area contributed by atoms with Crippen molar-refractivity contribution in [3.8, 4) is 23.6 Å². The van der Waals surface area contributed by atoms with Crippen LogP contribution >= 0.6 is 0 Å². The molecule has 1 aromatic carbocycles. The molecule has 0 spiro atoms. The van der Waals surface area contributed by atoms with Crippen LogP contribution in [0.3, 0.4) is 0 Å². The summed E-state index contributed by atoms with van der Waals surface area (Å²) in [6.45, 7) is 1.04. The number of pyridine rings is 1. The van der Waals surface area contributed by atoms with Gasteiger partial charge in [-0.1, -0.05) is 6.07 Å². The lowest BCUT2D eigenvalue weighted by Crippen LogP contribution is -2.53. The lowest BCUT2D eigenvalue weighted by atomic mass is 9.65. The van der Waals surface area contributed by atoms with Gasteiger partial charge in [0.15, 0.2) is 17.7 Å². The van der Waals surface area contributed by atoms with Gasteiger partial charge in [-0.05, 0) is 69.1 Å². The van der Waals surface area contributed by atoms with Crippen molar-refractivity contribution >= 4 is 11.6 Å². The second-order valence-corrected chi connectivity index (χ2v) is 8.82. The highest BCUT2D eigenvalue weighted by Crippen LogP contribution is 2.49. The molecule has 1 saturated heterocycles.